The zero-order valence-corrected chi connectivity index (χ0v) is 20.9. The normalized spacial score (nSPS) is 17.4. The number of nitrogens with zero attached hydrogens (tertiary/aromatic N) is 3. The lowest BCUT2D eigenvalue weighted by Gasteiger charge is -2.27. The minimum absolute atomic E-state index is 0.0153. The van der Waals surface area contributed by atoms with Crippen LogP contribution >= 0.6 is 0 Å². The first kappa shape index (κ1) is 24.7. The minimum atomic E-state index is -3.61. The zero-order chi connectivity index (χ0) is 25.3. The largest absolute Gasteiger partial charge is 0.506 e. The number of aromatic nitrogens is 3. The van der Waals surface area contributed by atoms with Crippen LogP contribution in [0.15, 0.2) is 41.3 Å². The summed E-state index contributed by atoms with van der Waals surface area (Å²) in [6.07, 6.45) is 3.98. The van der Waals surface area contributed by atoms with Crippen molar-refractivity contribution in [1.82, 2.24) is 14.5 Å². The predicted octanol–water partition coefficient (Wildman–Crippen LogP) is 2.86. The van der Waals surface area contributed by atoms with Gasteiger partial charge in [-0.1, -0.05) is 19.1 Å². The number of rotatable bonds is 8. The second-order valence-electron chi connectivity index (χ2n) is 8.98. The van der Waals surface area contributed by atoms with Crippen LogP contribution in [-0.4, -0.2) is 52.1 Å². The highest BCUT2D eigenvalue weighted by Gasteiger charge is 2.29. The summed E-state index contributed by atoms with van der Waals surface area (Å²) in [6.45, 7) is 6.19. The van der Waals surface area contributed by atoms with Crippen LogP contribution in [0.5, 0.6) is 5.75 Å². The Morgan fingerprint density at radius 3 is 2.69 bits per heavy atom. The number of nitrogens with one attached hydrogen (secondary N) is 1. The van der Waals surface area contributed by atoms with Gasteiger partial charge >= 0.3 is 0 Å². The van der Waals surface area contributed by atoms with E-state index in [0.29, 0.717) is 30.4 Å². The van der Waals surface area contributed by atoms with Crippen LogP contribution in [0.2, 0.25) is 0 Å². The molecule has 0 spiro atoms. The Hall–Kier alpha value is -3.37. The second-order valence-corrected chi connectivity index (χ2v) is 11.1. The SMILES string of the molecule is Cc1ccc(S(=O)(=O)CCO)c(NCC2C=Cc3nc(N)n(Cc4nc(C)ccc4O)c3C2C)c1. The molecule has 4 rings (SSSR count). The number of benzene rings is 1. The molecule has 1 aromatic carbocycles. The number of nitrogens with two attached hydrogens (primary N) is 1. The molecule has 2 aromatic heterocycles. The minimum Gasteiger partial charge on any atom is -0.506 e. The molecule has 0 bridgehead atoms. The summed E-state index contributed by atoms with van der Waals surface area (Å²) in [6, 6.07) is 8.51. The van der Waals surface area contributed by atoms with Gasteiger partial charge in [-0.25, -0.2) is 13.4 Å². The van der Waals surface area contributed by atoms with Crippen LogP contribution in [0.25, 0.3) is 6.08 Å². The van der Waals surface area contributed by atoms with Gasteiger partial charge in [-0.05, 0) is 49.8 Å². The van der Waals surface area contributed by atoms with E-state index in [1.54, 1.807) is 30.3 Å². The molecular weight excluding hydrogens is 466 g/mol. The van der Waals surface area contributed by atoms with Crippen molar-refractivity contribution in [3.8, 4) is 5.75 Å². The first-order chi connectivity index (χ1) is 16.6. The fourth-order valence-electron chi connectivity index (χ4n) is 4.48. The lowest BCUT2D eigenvalue weighted by Crippen LogP contribution is -2.24. The third-order valence-electron chi connectivity index (χ3n) is 6.40. The molecule has 35 heavy (non-hydrogen) atoms. The maximum atomic E-state index is 12.6. The Bertz CT molecular complexity index is 1380. The van der Waals surface area contributed by atoms with Gasteiger partial charge < -0.3 is 25.8 Å². The van der Waals surface area contributed by atoms with E-state index in [0.717, 1.165) is 22.6 Å². The van der Waals surface area contributed by atoms with Gasteiger partial charge in [0.2, 0.25) is 5.95 Å². The first-order valence-electron chi connectivity index (χ1n) is 11.5. The highest BCUT2D eigenvalue weighted by Crippen LogP contribution is 2.36. The van der Waals surface area contributed by atoms with Gasteiger partial charge in [0, 0.05) is 24.1 Å². The van der Waals surface area contributed by atoms with Gasteiger partial charge in [0.25, 0.3) is 0 Å². The number of imidazole rings is 1. The van der Waals surface area contributed by atoms with E-state index in [4.69, 9.17) is 5.73 Å². The summed E-state index contributed by atoms with van der Waals surface area (Å²) >= 11 is 0. The topological polar surface area (TPSA) is 143 Å². The molecule has 0 saturated carbocycles. The Morgan fingerprint density at radius 2 is 1.94 bits per heavy atom. The molecule has 2 heterocycles. The molecule has 2 unspecified atom stereocenters. The summed E-state index contributed by atoms with van der Waals surface area (Å²) in [4.78, 5) is 9.14. The molecule has 0 amide bonds. The molecule has 0 radical (unpaired) electrons. The van der Waals surface area contributed by atoms with Crippen LogP contribution in [0.1, 0.15) is 41.2 Å². The number of anilines is 2. The van der Waals surface area contributed by atoms with Crippen molar-refractivity contribution in [2.45, 2.75) is 38.1 Å². The fourth-order valence-corrected chi connectivity index (χ4v) is 5.68. The van der Waals surface area contributed by atoms with Gasteiger partial charge in [-0.2, -0.15) is 0 Å². The molecule has 186 valence electrons. The molecule has 10 heteroatoms. The van der Waals surface area contributed by atoms with E-state index < -0.39 is 16.4 Å². The monoisotopic (exact) mass is 497 g/mol. The maximum absolute atomic E-state index is 12.6. The van der Waals surface area contributed by atoms with Crippen LogP contribution in [0.3, 0.4) is 0 Å². The average molecular weight is 498 g/mol. The molecule has 9 nitrogen and oxygen atoms in total. The number of hydrogen-bond acceptors (Lipinski definition) is 8. The molecule has 0 fully saturated rings. The van der Waals surface area contributed by atoms with E-state index >= 15 is 0 Å². The number of aromatic hydroxyl groups is 1. The van der Waals surface area contributed by atoms with Crippen molar-refractivity contribution >= 4 is 27.5 Å². The van der Waals surface area contributed by atoms with Crippen molar-refractivity contribution in [1.29, 1.82) is 0 Å². The fraction of sp³-hybridized carbons (Fsp3) is 0.360. The van der Waals surface area contributed by atoms with Crippen molar-refractivity contribution < 1.29 is 18.6 Å². The van der Waals surface area contributed by atoms with Crippen molar-refractivity contribution in [2.24, 2.45) is 5.92 Å². The average Bonchev–Trinajstić information content (AvgIpc) is 3.11. The Balaban J connectivity index is 1.59. The number of fused-ring (bicyclic) bond motifs is 1. The third-order valence-corrected chi connectivity index (χ3v) is 8.14. The van der Waals surface area contributed by atoms with Gasteiger partial charge in [-0.15, -0.1) is 0 Å². The third kappa shape index (κ3) is 5.03. The maximum Gasteiger partial charge on any atom is 0.201 e. The van der Waals surface area contributed by atoms with Crippen LogP contribution in [0, 0.1) is 19.8 Å². The number of aryl methyl sites for hydroxylation is 2. The van der Waals surface area contributed by atoms with Crippen LogP contribution in [0.4, 0.5) is 11.6 Å². The molecule has 0 saturated heterocycles. The molecule has 5 N–H and O–H groups in total. The highest BCUT2D eigenvalue weighted by molar-refractivity contribution is 7.91. The number of hydrogen-bond donors (Lipinski definition) is 4. The second kappa shape index (κ2) is 9.71. The summed E-state index contributed by atoms with van der Waals surface area (Å²) in [5, 5.41) is 22.8. The standard InChI is InChI=1S/C25H31N5O4S/c1-15-4-9-23(35(33,34)11-10-31)20(12-15)27-13-18-6-7-19-24(17(18)3)30(25(26)29-19)14-21-22(32)8-5-16(2)28-21/h4-9,12,17-18,27,31-32H,10-11,13-14H2,1-3H3,(H2,26,29). The molecule has 2 atom stereocenters. The quantitative estimate of drug-likeness (QED) is 0.372. The lowest BCUT2D eigenvalue weighted by atomic mass is 9.85. The molecule has 1 aliphatic carbocycles. The Labute approximate surface area is 205 Å². The predicted molar refractivity (Wildman–Crippen MR) is 136 cm³/mol. The number of aliphatic hydroxyl groups excluding tert-OH is 1. The van der Waals surface area contributed by atoms with E-state index in [1.165, 1.54) is 0 Å². The summed E-state index contributed by atoms with van der Waals surface area (Å²) < 4.78 is 27.2. The molecule has 1 aliphatic rings. The van der Waals surface area contributed by atoms with Crippen molar-refractivity contribution in [3.05, 3.63) is 64.7 Å². The van der Waals surface area contributed by atoms with Gasteiger partial charge in [-0.3, -0.25) is 4.98 Å². The van der Waals surface area contributed by atoms with E-state index in [9.17, 15) is 18.6 Å². The van der Waals surface area contributed by atoms with Crippen LogP contribution < -0.4 is 11.1 Å². The van der Waals surface area contributed by atoms with Gasteiger partial charge in [0.1, 0.15) is 11.4 Å². The van der Waals surface area contributed by atoms with E-state index in [2.05, 4.69) is 28.3 Å². The lowest BCUT2D eigenvalue weighted by molar-refractivity contribution is 0.319. The van der Waals surface area contributed by atoms with Gasteiger partial charge in [0.15, 0.2) is 9.84 Å². The Morgan fingerprint density at radius 1 is 1.17 bits per heavy atom. The number of aliphatic hydroxyl groups is 1. The molecule has 0 aliphatic heterocycles. The number of sulfone groups is 1. The van der Waals surface area contributed by atoms with Crippen molar-refractivity contribution in [3.63, 3.8) is 0 Å². The summed E-state index contributed by atoms with van der Waals surface area (Å²) in [5.74, 6) is 0.170. The first-order valence-corrected chi connectivity index (χ1v) is 13.1. The summed E-state index contributed by atoms with van der Waals surface area (Å²) in [7, 11) is -3.61. The Kier molecular flexibility index (Phi) is 6.86. The highest BCUT2D eigenvalue weighted by atomic mass is 32.2. The molecule has 3 aromatic rings. The number of nitrogen functional groups attached to an aromatic ring is 1. The van der Waals surface area contributed by atoms with Gasteiger partial charge in [0.05, 0.1) is 40.9 Å². The van der Waals surface area contributed by atoms with Crippen molar-refractivity contribution in [2.75, 3.05) is 30.0 Å². The summed E-state index contributed by atoms with van der Waals surface area (Å²) in [5.41, 5.74) is 10.7. The van der Waals surface area contributed by atoms with Crippen LogP contribution in [-0.2, 0) is 16.4 Å². The number of pyridine rings is 1. The van der Waals surface area contributed by atoms with E-state index in [-0.39, 0.29) is 28.2 Å². The van der Waals surface area contributed by atoms with E-state index in [1.807, 2.05) is 24.5 Å². The molecular formula is C25H31N5O4S. The smallest absolute Gasteiger partial charge is 0.201 e. The zero-order valence-electron chi connectivity index (χ0n) is 20.1.